The van der Waals surface area contributed by atoms with E-state index in [1.165, 1.54) is 11.1 Å². The third kappa shape index (κ3) is 2.87. The van der Waals surface area contributed by atoms with Crippen molar-refractivity contribution in [2.75, 3.05) is 18.9 Å². The molecule has 0 radical (unpaired) electrons. The average molecular weight is 241 g/mol. The Morgan fingerprint density at radius 1 is 1.44 bits per heavy atom. The summed E-state index contributed by atoms with van der Waals surface area (Å²) < 4.78 is 0. The Morgan fingerprint density at radius 3 is 2.88 bits per heavy atom. The summed E-state index contributed by atoms with van der Waals surface area (Å²) >= 11 is 0. The van der Waals surface area contributed by atoms with Crippen LogP contribution in [0.2, 0.25) is 0 Å². The normalized spacial score (nSPS) is 14.8. The van der Waals surface area contributed by atoms with E-state index in [1.807, 2.05) is 6.07 Å². The summed E-state index contributed by atoms with van der Waals surface area (Å²) in [7, 11) is 2.12. The van der Waals surface area contributed by atoms with Gasteiger partial charge in [0.25, 0.3) is 0 Å². The first kappa shape index (κ1) is 12.8. The number of hydrogen-bond donors (Lipinski definition) is 3. The smallest absolute Gasteiger partial charge is 0.190 e. The molecule has 0 fully saturated rings. The molecule has 88 valence electrons. The minimum absolute atomic E-state index is 0. The fraction of sp³-hybridized carbons (Fsp3) is 0.364. The predicted octanol–water partition coefficient (Wildman–Crippen LogP) is 1.40. The highest BCUT2D eigenvalue weighted by atomic mass is 35.5. The Bertz CT molecular complexity index is 392. The number of benzene rings is 1. The standard InChI is InChI=1S/C11H16N4.ClH/c1-15-5-4-8-2-3-10(14-11(12)13)6-9(8)7-15;/h2-3,6H,4-5,7H2,1H3,(H4,12,13,14);1H. The van der Waals surface area contributed by atoms with E-state index in [0.717, 1.165) is 25.2 Å². The number of anilines is 1. The van der Waals surface area contributed by atoms with Crippen molar-refractivity contribution in [3.63, 3.8) is 0 Å². The van der Waals surface area contributed by atoms with Crippen molar-refractivity contribution in [1.29, 1.82) is 5.41 Å². The lowest BCUT2D eigenvalue weighted by atomic mass is 9.99. The summed E-state index contributed by atoms with van der Waals surface area (Å²) in [6.07, 6.45) is 1.10. The van der Waals surface area contributed by atoms with Crippen molar-refractivity contribution >= 4 is 24.1 Å². The van der Waals surface area contributed by atoms with Crippen LogP contribution in [0.25, 0.3) is 0 Å². The molecule has 1 aromatic rings. The monoisotopic (exact) mass is 240 g/mol. The number of halogens is 1. The van der Waals surface area contributed by atoms with Crippen LogP contribution in [0.1, 0.15) is 11.1 Å². The van der Waals surface area contributed by atoms with E-state index >= 15 is 0 Å². The van der Waals surface area contributed by atoms with Crippen molar-refractivity contribution in [2.24, 2.45) is 5.73 Å². The highest BCUT2D eigenvalue weighted by Gasteiger charge is 2.13. The summed E-state index contributed by atoms with van der Waals surface area (Å²) in [6, 6.07) is 6.17. The molecule has 0 amide bonds. The van der Waals surface area contributed by atoms with Crippen LogP contribution < -0.4 is 11.1 Å². The summed E-state index contributed by atoms with van der Waals surface area (Å²) in [5.74, 6) is -0.0147. The molecular weight excluding hydrogens is 224 g/mol. The maximum Gasteiger partial charge on any atom is 0.190 e. The van der Waals surface area contributed by atoms with Gasteiger partial charge in [0, 0.05) is 18.8 Å². The lowest BCUT2D eigenvalue weighted by Crippen LogP contribution is -2.27. The third-order valence-electron chi connectivity index (χ3n) is 2.69. The molecule has 0 unspecified atom stereocenters. The van der Waals surface area contributed by atoms with Crippen molar-refractivity contribution < 1.29 is 0 Å². The largest absolute Gasteiger partial charge is 0.370 e. The van der Waals surface area contributed by atoms with E-state index in [2.05, 4.69) is 29.4 Å². The Kier molecular flexibility index (Phi) is 4.15. The van der Waals surface area contributed by atoms with Crippen LogP contribution in [0.3, 0.4) is 0 Å². The molecule has 0 bridgehead atoms. The number of guanidine groups is 1. The lowest BCUT2D eigenvalue weighted by Gasteiger charge is -2.25. The maximum absolute atomic E-state index is 7.17. The summed E-state index contributed by atoms with van der Waals surface area (Å²) in [6.45, 7) is 2.09. The first-order valence-corrected chi connectivity index (χ1v) is 5.06. The fourth-order valence-corrected chi connectivity index (χ4v) is 1.93. The van der Waals surface area contributed by atoms with E-state index in [4.69, 9.17) is 11.1 Å². The first-order valence-electron chi connectivity index (χ1n) is 5.06. The van der Waals surface area contributed by atoms with Crippen molar-refractivity contribution in [2.45, 2.75) is 13.0 Å². The number of nitrogens with zero attached hydrogens (tertiary/aromatic N) is 1. The molecule has 0 spiro atoms. The maximum atomic E-state index is 7.17. The van der Waals surface area contributed by atoms with Crippen LogP contribution in [-0.2, 0) is 13.0 Å². The van der Waals surface area contributed by atoms with E-state index in [0.29, 0.717) is 0 Å². The number of nitrogens with two attached hydrogens (primary N) is 1. The number of rotatable bonds is 1. The summed E-state index contributed by atoms with van der Waals surface area (Å²) in [4.78, 5) is 2.29. The summed E-state index contributed by atoms with van der Waals surface area (Å²) in [5, 5.41) is 9.98. The van der Waals surface area contributed by atoms with Gasteiger partial charge in [-0.2, -0.15) is 0 Å². The number of likely N-dealkylation sites (N-methyl/N-ethyl adjacent to an activating group) is 1. The fourth-order valence-electron chi connectivity index (χ4n) is 1.93. The van der Waals surface area contributed by atoms with Gasteiger partial charge in [0.1, 0.15) is 0 Å². The van der Waals surface area contributed by atoms with Gasteiger partial charge in [0.2, 0.25) is 0 Å². The molecule has 2 rings (SSSR count). The second-order valence-electron chi connectivity index (χ2n) is 4.01. The van der Waals surface area contributed by atoms with E-state index in [-0.39, 0.29) is 18.4 Å². The number of hydrogen-bond acceptors (Lipinski definition) is 2. The van der Waals surface area contributed by atoms with E-state index in [9.17, 15) is 0 Å². The number of nitrogens with one attached hydrogen (secondary N) is 2. The second-order valence-corrected chi connectivity index (χ2v) is 4.01. The highest BCUT2D eigenvalue weighted by Crippen LogP contribution is 2.21. The molecule has 1 aromatic carbocycles. The summed E-state index contributed by atoms with van der Waals surface area (Å²) in [5.41, 5.74) is 8.92. The van der Waals surface area contributed by atoms with Crippen molar-refractivity contribution in [3.05, 3.63) is 29.3 Å². The minimum Gasteiger partial charge on any atom is -0.370 e. The van der Waals surface area contributed by atoms with Gasteiger partial charge in [0.15, 0.2) is 5.96 Å². The average Bonchev–Trinajstić information content (AvgIpc) is 2.16. The lowest BCUT2D eigenvalue weighted by molar-refractivity contribution is 0.313. The topological polar surface area (TPSA) is 65.1 Å². The van der Waals surface area contributed by atoms with Crippen molar-refractivity contribution in [3.8, 4) is 0 Å². The van der Waals surface area contributed by atoms with Gasteiger partial charge in [-0.05, 0) is 36.7 Å². The van der Waals surface area contributed by atoms with Crippen LogP contribution in [0.15, 0.2) is 18.2 Å². The molecule has 0 saturated carbocycles. The first-order chi connectivity index (χ1) is 7.15. The number of fused-ring (bicyclic) bond motifs is 1. The Hall–Kier alpha value is -1.26. The zero-order chi connectivity index (χ0) is 10.8. The molecule has 1 aliphatic rings. The molecule has 0 aromatic heterocycles. The van der Waals surface area contributed by atoms with E-state index in [1.54, 1.807) is 0 Å². The molecule has 0 atom stereocenters. The molecule has 0 aliphatic carbocycles. The highest BCUT2D eigenvalue weighted by molar-refractivity contribution is 5.89. The van der Waals surface area contributed by atoms with Gasteiger partial charge in [-0.25, -0.2) is 0 Å². The van der Waals surface area contributed by atoms with E-state index < -0.39 is 0 Å². The predicted molar refractivity (Wildman–Crippen MR) is 69.3 cm³/mol. The third-order valence-corrected chi connectivity index (χ3v) is 2.69. The van der Waals surface area contributed by atoms with Crippen molar-refractivity contribution in [1.82, 2.24) is 4.90 Å². The molecule has 16 heavy (non-hydrogen) atoms. The minimum atomic E-state index is -0.0147. The van der Waals surface area contributed by atoms with Gasteiger partial charge in [0.05, 0.1) is 0 Å². The van der Waals surface area contributed by atoms with Crippen LogP contribution in [0, 0.1) is 5.41 Å². The Morgan fingerprint density at radius 2 is 2.19 bits per heavy atom. The van der Waals surface area contributed by atoms with Gasteiger partial charge in [-0.1, -0.05) is 6.07 Å². The van der Waals surface area contributed by atoms with Gasteiger partial charge < -0.3 is 16.0 Å². The molecule has 5 heteroatoms. The van der Waals surface area contributed by atoms with Gasteiger partial charge >= 0.3 is 0 Å². The Balaban J connectivity index is 0.00000128. The SMILES string of the molecule is CN1CCc2ccc(NC(=N)N)cc2C1.Cl. The second kappa shape index (κ2) is 5.18. The van der Waals surface area contributed by atoms with Crippen LogP contribution >= 0.6 is 12.4 Å². The molecule has 1 aliphatic heterocycles. The Labute approximate surface area is 102 Å². The quantitative estimate of drug-likeness (QED) is 0.514. The van der Waals surface area contributed by atoms with Crippen LogP contribution in [0.5, 0.6) is 0 Å². The molecule has 1 heterocycles. The molecule has 0 saturated heterocycles. The molecular formula is C11H17ClN4. The van der Waals surface area contributed by atoms with Crippen LogP contribution in [-0.4, -0.2) is 24.5 Å². The van der Waals surface area contributed by atoms with Gasteiger partial charge in [-0.15, -0.1) is 12.4 Å². The molecule has 4 nitrogen and oxygen atoms in total. The zero-order valence-corrected chi connectivity index (χ0v) is 10.1. The zero-order valence-electron chi connectivity index (χ0n) is 9.29. The van der Waals surface area contributed by atoms with Crippen LogP contribution in [0.4, 0.5) is 5.69 Å². The van der Waals surface area contributed by atoms with Gasteiger partial charge in [-0.3, -0.25) is 5.41 Å². The molecule has 4 N–H and O–H groups in total.